The highest BCUT2D eigenvalue weighted by Crippen LogP contribution is 2.40. The van der Waals surface area contributed by atoms with Crippen molar-refractivity contribution in [2.24, 2.45) is 5.73 Å². The second kappa shape index (κ2) is 5.34. The second-order valence-electron chi connectivity index (χ2n) is 5.19. The zero-order valence-electron chi connectivity index (χ0n) is 11.4. The number of hydrogen-bond donors (Lipinski definition) is 1. The molecule has 0 bridgehead atoms. The van der Waals surface area contributed by atoms with Crippen LogP contribution >= 0.6 is 23.2 Å². The van der Waals surface area contributed by atoms with E-state index in [1.807, 2.05) is 31.2 Å². The molecule has 1 aliphatic heterocycles. The number of amides is 1. The first-order valence-corrected chi connectivity index (χ1v) is 7.35. The van der Waals surface area contributed by atoms with E-state index in [0.717, 1.165) is 5.56 Å². The van der Waals surface area contributed by atoms with Crippen molar-refractivity contribution in [1.82, 2.24) is 0 Å². The number of carbonyl (C=O) groups excluding carboxylic acids is 1. The monoisotopic (exact) mass is 320 g/mol. The topological polar surface area (TPSA) is 46.3 Å². The van der Waals surface area contributed by atoms with Gasteiger partial charge in [0, 0.05) is 5.69 Å². The van der Waals surface area contributed by atoms with Crippen molar-refractivity contribution in [1.29, 1.82) is 0 Å². The van der Waals surface area contributed by atoms with Gasteiger partial charge in [-0.3, -0.25) is 4.79 Å². The molecular weight excluding hydrogens is 307 g/mol. The Kier molecular flexibility index (Phi) is 3.66. The number of benzene rings is 2. The Balaban J connectivity index is 1.98. The van der Waals surface area contributed by atoms with Gasteiger partial charge in [-0.2, -0.15) is 0 Å². The van der Waals surface area contributed by atoms with Crippen LogP contribution in [0.1, 0.15) is 17.2 Å². The fraction of sp³-hybridized carbons (Fsp3) is 0.188. The van der Waals surface area contributed by atoms with E-state index >= 15 is 0 Å². The number of carbonyl (C=O) groups is 1. The Labute approximate surface area is 133 Å². The zero-order chi connectivity index (χ0) is 15.1. The number of anilines is 1. The van der Waals surface area contributed by atoms with Gasteiger partial charge in [0.2, 0.25) is 5.91 Å². The molecule has 1 amide bonds. The van der Waals surface area contributed by atoms with Gasteiger partial charge >= 0.3 is 0 Å². The first kappa shape index (κ1) is 14.4. The molecule has 0 unspecified atom stereocenters. The molecule has 2 N–H and O–H groups in total. The van der Waals surface area contributed by atoms with Crippen molar-refractivity contribution < 1.29 is 4.79 Å². The third-order valence-electron chi connectivity index (χ3n) is 3.74. The zero-order valence-corrected chi connectivity index (χ0v) is 12.9. The highest BCUT2D eigenvalue weighted by molar-refractivity contribution is 6.42. The van der Waals surface area contributed by atoms with E-state index in [9.17, 15) is 4.79 Å². The fourth-order valence-corrected chi connectivity index (χ4v) is 2.85. The SMILES string of the molecule is Cc1ccc([C@@H]2[C@H](N)C(=O)N2c2ccc(Cl)c(Cl)c2)cc1. The lowest BCUT2D eigenvalue weighted by Crippen LogP contribution is -2.63. The number of nitrogens with zero attached hydrogens (tertiary/aromatic N) is 1. The molecule has 0 spiro atoms. The summed E-state index contributed by atoms with van der Waals surface area (Å²) in [6, 6.07) is 12.5. The normalized spacial score (nSPS) is 21.3. The molecule has 3 nitrogen and oxygen atoms in total. The van der Waals surface area contributed by atoms with Crippen LogP contribution < -0.4 is 10.6 Å². The molecule has 2 aromatic rings. The molecule has 0 saturated carbocycles. The van der Waals surface area contributed by atoms with Crippen LogP contribution in [0.5, 0.6) is 0 Å². The summed E-state index contributed by atoms with van der Waals surface area (Å²) in [5.74, 6) is -0.112. The van der Waals surface area contributed by atoms with Crippen molar-refractivity contribution in [3.8, 4) is 0 Å². The second-order valence-corrected chi connectivity index (χ2v) is 6.00. The van der Waals surface area contributed by atoms with Crippen LogP contribution in [0.15, 0.2) is 42.5 Å². The van der Waals surface area contributed by atoms with Crippen molar-refractivity contribution in [3.63, 3.8) is 0 Å². The van der Waals surface area contributed by atoms with Gasteiger partial charge in [-0.25, -0.2) is 0 Å². The molecule has 0 aromatic heterocycles. The Morgan fingerprint density at radius 1 is 1.05 bits per heavy atom. The van der Waals surface area contributed by atoms with Gasteiger partial charge in [0.15, 0.2) is 0 Å². The molecule has 1 fully saturated rings. The van der Waals surface area contributed by atoms with Crippen molar-refractivity contribution in [2.75, 3.05) is 4.90 Å². The predicted octanol–water partition coefficient (Wildman–Crippen LogP) is 3.72. The molecule has 5 heteroatoms. The van der Waals surface area contributed by atoms with Crippen LogP contribution in [0.4, 0.5) is 5.69 Å². The minimum Gasteiger partial charge on any atom is -0.318 e. The minimum atomic E-state index is -0.526. The standard InChI is InChI=1S/C16H14Cl2N2O/c1-9-2-4-10(5-3-9)15-14(19)16(21)20(15)11-6-7-12(17)13(18)8-11/h2-8,14-15H,19H2,1H3/t14-,15+/m0/s1. The fourth-order valence-electron chi connectivity index (χ4n) is 2.55. The van der Waals surface area contributed by atoms with E-state index in [4.69, 9.17) is 28.9 Å². The Bertz CT molecular complexity index is 700. The number of halogens is 2. The van der Waals surface area contributed by atoms with E-state index in [0.29, 0.717) is 15.7 Å². The van der Waals surface area contributed by atoms with Crippen molar-refractivity contribution in [3.05, 3.63) is 63.6 Å². The molecule has 1 saturated heterocycles. The van der Waals surface area contributed by atoms with E-state index in [-0.39, 0.29) is 11.9 Å². The lowest BCUT2D eigenvalue weighted by atomic mass is 9.88. The van der Waals surface area contributed by atoms with Gasteiger partial charge in [-0.15, -0.1) is 0 Å². The van der Waals surface area contributed by atoms with Gasteiger partial charge in [0.05, 0.1) is 16.1 Å². The summed E-state index contributed by atoms with van der Waals surface area (Å²) in [4.78, 5) is 13.8. The smallest absolute Gasteiger partial charge is 0.247 e. The molecule has 108 valence electrons. The molecule has 1 aliphatic rings. The predicted molar refractivity (Wildman–Crippen MR) is 85.8 cm³/mol. The average molecular weight is 321 g/mol. The van der Waals surface area contributed by atoms with Crippen LogP contribution in [-0.4, -0.2) is 11.9 Å². The molecule has 2 atom stereocenters. The summed E-state index contributed by atoms with van der Waals surface area (Å²) in [7, 11) is 0. The molecule has 0 radical (unpaired) electrons. The molecule has 2 aromatic carbocycles. The van der Waals surface area contributed by atoms with Gasteiger partial charge in [-0.1, -0.05) is 53.0 Å². The maximum absolute atomic E-state index is 12.1. The van der Waals surface area contributed by atoms with Crippen LogP contribution in [0.3, 0.4) is 0 Å². The van der Waals surface area contributed by atoms with Crippen LogP contribution in [0.25, 0.3) is 0 Å². The summed E-state index contributed by atoms with van der Waals surface area (Å²) in [5.41, 5.74) is 8.87. The number of rotatable bonds is 2. The lowest BCUT2D eigenvalue weighted by Gasteiger charge is -2.45. The van der Waals surface area contributed by atoms with Gasteiger partial charge in [0.25, 0.3) is 0 Å². The van der Waals surface area contributed by atoms with Gasteiger partial charge in [0.1, 0.15) is 6.04 Å². The van der Waals surface area contributed by atoms with Crippen LogP contribution in [0, 0.1) is 6.92 Å². The summed E-state index contributed by atoms with van der Waals surface area (Å²) in [5, 5.41) is 0.884. The first-order valence-electron chi connectivity index (χ1n) is 6.59. The Hall–Kier alpha value is -1.55. The minimum absolute atomic E-state index is 0.112. The first-order chi connectivity index (χ1) is 9.99. The molecule has 0 aliphatic carbocycles. The largest absolute Gasteiger partial charge is 0.318 e. The van der Waals surface area contributed by atoms with Gasteiger partial charge < -0.3 is 10.6 Å². The Morgan fingerprint density at radius 3 is 2.33 bits per heavy atom. The number of hydrogen-bond acceptors (Lipinski definition) is 2. The van der Waals surface area contributed by atoms with E-state index in [2.05, 4.69) is 0 Å². The highest BCUT2D eigenvalue weighted by Gasteiger charge is 2.46. The highest BCUT2D eigenvalue weighted by atomic mass is 35.5. The summed E-state index contributed by atoms with van der Waals surface area (Å²) in [6.07, 6.45) is 0. The molecule has 21 heavy (non-hydrogen) atoms. The average Bonchev–Trinajstić information content (AvgIpc) is 2.48. The van der Waals surface area contributed by atoms with Crippen molar-refractivity contribution in [2.45, 2.75) is 19.0 Å². The van der Waals surface area contributed by atoms with E-state index < -0.39 is 6.04 Å². The quantitative estimate of drug-likeness (QED) is 0.857. The number of β-lactam (4-membered cyclic amide) rings is 1. The van der Waals surface area contributed by atoms with Crippen LogP contribution in [0.2, 0.25) is 10.0 Å². The maximum atomic E-state index is 12.1. The lowest BCUT2D eigenvalue weighted by molar-refractivity contribution is -0.126. The summed E-state index contributed by atoms with van der Waals surface area (Å²) in [6.45, 7) is 2.02. The van der Waals surface area contributed by atoms with E-state index in [1.165, 1.54) is 5.56 Å². The van der Waals surface area contributed by atoms with Crippen molar-refractivity contribution >= 4 is 34.8 Å². The van der Waals surface area contributed by atoms with Gasteiger partial charge in [-0.05, 0) is 30.7 Å². The number of nitrogens with two attached hydrogens (primary N) is 1. The third kappa shape index (κ3) is 2.42. The van der Waals surface area contributed by atoms with E-state index in [1.54, 1.807) is 23.1 Å². The number of aryl methyl sites for hydroxylation is 1. The summed E-state index contributed by atoms with van der Waals surface area (Å²) < 4.78 is 0. The molecule has 3 rings (SSSR count). The molecular formula is C16H14Cl2N2O. The Morgan fingerprint density at radius 2 is 1.71 bits per heavy atom. The third-order valence-corrected chi connectivity index (χ3v) is 4.48. The van der Waals surface area contributed by atoms with Crippen LogP contribution in [-0.2, 0) is 4.79 Å². The molecule has 1 heterocycles. The maximum Gasteiger partial charge on any atom is 0.247 e. The summed E-state index contributed by atoms with van der Waals surface area (Å²) >= 11 is 12.0.